The lowest BCUT2D eigenvalue weighted by atomic mass is 10.5. The van der Waals surface area contributed by atoms with Crippen LogP contribution in [0.5, 0.6) is 0 Å². The van der Waals surface area contributed by atoms with E-state index < -0.39 is 0 Å². The second-order valence-corrected chi connectivity index (χ2v) is 4.44. The maximum Gasteiger partial charge on any atom is 0.209 e. The van der Waals surface area contributed by atoms with Crippen LogP contribution in [0.25, 0.3) is 0 Å². The largest absolute Gasteiger partial charge is 0.315 e. The number of nitrogens with zero attached hydrogens (tertiary/aromatic N) is 4. The molecule has 0 aliphatic heterocycles. The summed E-state index contributed by atoms with van der Waals surface area (Å²) in [4.78, 5) is 0. The van der Waals surface area contributed by atoms with Gasteiger partial charge in [0.1, 0.15) is 0 Å². The number of tetrazole rings is 1. The number of nitrogens with one attached hydrogen (secondary N) is 1. The summed E-state index contributed by atoms with van der Waals surface area (Å²) < 4.78 is 1.81. The van der Waals surface area contributed by atoms with Crippen LogP contribution < -0.4 is 5.32 Å². The van der Waals surface area contributed by atoms with Gasteiger partial charge in [-0.25, -0.2) is 4.68 Å². The molecule has 0 spiro atoms. The zero-order valence-electron chi connectivity index (χ0n) is 9.18. The minimum absolute atomic E-state index is 0.328. The van der Waals surface area contributed by atoms with E-state index in [4.69, 9.17) is 0 Å². The van der Waals surface area contributed by atoms with E-state index >= 15 is 0 Å². The molecule has 1 unspecified atom stereocenters. The lowest BCUT2D eigenvalue weighted by molar-refractivity contribution is 0.517. The van der Waals surface area contributed by atoms with E-state index in [0.717, 1.165) is 24.8 Å². The predicted molar refractivity (Wildman–Crippen MR) is 61.9 cm³/mol. The van der Waals surface area contributed by atoms with E-state index in [2.05, 4.69) is 41.3 Å². The van der Waals surface area contributed by atoms with Gasteiger partial charge in [-0.1, -0.05) is 24.8 Å². The van der Waals surface area contributed by atoms with Gasteiger partial charge >= 0.3 is 0 Å². The molecule has 0 aromatic carbocycles. The highest BCUT2D eigenvalue weighted by Crippen LogP contribution is 2.19. The molecule has 0 amide bonds. The van der Waals surface area contributed by atoms with Gasteiger partial charge in [0.05, 0.1) is 6.54 Å². The summed E-state index contributed by atoms with van der Waals surface area (Å²) in [6, 6.07) is 0. The SMILES string of the molecule is C=CC(C)Sc1nnnn1CCNCC. The standard InChI is InChI=1S/C9H17N5S/c1-4-8(3)15-9-11-12-13-14(9)7-6-10-5-2/h4,8,10H,1,5-7H2,2-3H3. The smallest absolute Gasteiger partial charge is 0.209 e. The fourth-order valence-corrected chi connectivity index (χ4v) is 1.76. The third kappa shape index (κ3) is 4.01. The highest BCUT2D eigenvalue weighted by atomic mass is 32.2. The second kappa shape index (κ2) is 6.58. The molecule has 15 heavy (non-hydrogen) atoms. The van der Waals surface area contributed by atoms with Crippen molar-refractivity contribution in [2.45, 2.75) is 30.8 Å². The van der Waals surface area contributed by atoms with Gasteiger partial charge in [0, 0.05) is 11.8 Å². The number of aromatic nitrogens is 4. The first kappa shape index (κ1) is 12.2. The van der Waals surface area contributed by atoms with Gasteiger partial charge in [0.25, 0.3) is 0 Å². The van der Waals surface area contributed by atoms with Crippen LogP contribution >= 0.6 is 11.8 Å². The second-order valence-electron chi connectivity index (χ2n) is 3.10. The van der Waals surface area contributed by atoms with Gasteiger partial charge in [-0.05, 0) is 23.9 Å². The molecule has 0 aliphatic carbocycles. The van der Waals surface area contributed by atoms with Crippen molar-refractivity contribution in [2.24, 2.45) is 0 Å². The van der Waals surface area contributed by atoms with Crippen LogP contribution in [0.2, 0.25) is 0 Å². The normalized spacial score (nSPS) is 12.7. The van der Waals surface area contributed by atoms with Crippen LogP contribution in [-0.4, -0.2) is 38.5 Å². The van der Waals surface area contributed by atoms with Crippen molar-refractivity contribution in [2.75, 3.05) is 13.1 Å². The lowest BCUT2D eigenvalue weighted by Gasteiger charge is -2.06. The molecular weight excluding hydrogens is 210 g/mol. The zero-order chi connectivity index (χ0) is 11.1. The molecule has 0 radical (unpaired) electrons. The lowest BCUT2D eigenvalue weighted by Crippen LogP contribution is -2.20. The number of hydrogen-bond donors (Lipinski definition) is 1. The van der Waals surface area contributed by atoms with Crippen LogP contribution in [0.4, 0.5) is 0 Å². The molecule has 0 bridgehead atoms. The van der Waals surface area contributed by atoms with E-state index in [9.17, 15) is 0 Å². The van der Waals surface area contributed by atoms with Crippen molar-refractivity contribution in [3.8, 4) is 0 Å². The molecule has 1 aromatic rings. The number of likely N-dealkylation sites (N-methyl/N-ethyl adjacent to an activating group) is 1. The summed E-state index contributed by atoms with van der Waals surface area (Å²) >= 11 is 1.62. The van der Waals surface area contributed by atoms with Crippen molar-refractivity contribution in [3.63, 3.8) is 0 Å². The van der Waals surface area contributed by atoms with E-state index in [0.29, 0.717) is 5.25 Å². The molecule has 1 N–H and O–H groups in total. The summed E-state index contributed by atoms with van der Waals surface area (Å²) in [5.74, 6) is 0. The van der Waals surface area contributed by atoms with Crippen molar-refractivity contribution in [3.05, 3.63) is 12.7 Å². The molecule has 1 heterocycles. The molecule has 0 saturated carbocycles. The van der Waals surface area contributed by atoms with Gasteiger partial charge in [0.15, 0.2) is 0 Å². The Morgan fingerprint density at radius 1 is 1.67 bits per heavy atom. The highest BCUT2D eigenvalue weighted by molar-refractivity contribution is 7.99. The Hall–Kier alpha value is -0.880. The molecule has 1 rings (SSSR count). The molecular formula is C9H17N5S. The van der Waals surface area contributed by atoms with Crippen molar-refractivity contribution in [1.82, 2.24) is 25.5 Å². The first-order chi connectivity index (χ1) is 7.27. The summed E-state index contributed by atoms with van der Waals surface area (Å²) in [7, 11) is 0. The summed E-state index contributed by atoms with van der Waals surface area (Å²) in [5.41, 5.74) is 0. The average molecular weight is 227 g/mol. The Morgan fingerprint density at radius 2 is 2.47 bits per heavy atom. The van der Waals surface area contributed by atoms with Crippen molar-refractivity contribution >= 4 is 11.8 Å². The van der Waals surface area contributed by atoms with Crippen molar-refractivity contribution in [1.29, 1.82) is 0 Å². The van der Waals surface area contributed by atoms with Crippen LogP contribution in [0, 0.1) is 0 Å². The monoisotopic (exact) mass is 227 g/mol. The van der Waals surface area contributed by atoms with Gasteiger partial charge in [0.2, 0.25) is 5.16 Å². The number of rotatable bonds is 7. The van der Waals surface area contributed by atoms with Crippen LogP contribution in [-0.2, 0) is 6.54 Å². The van der Waals surface area contributed by atoms with E-state index in [1.807, 2.05) is 10.8 Å². The van der Waals surface area contributed by atoms with Crippen LogP contribution in [0.15, 0.2) is 17.8 Å². The molecule has 5 nitrogen and oxygen atoms in total. The third-order valence-electron chi connectivity index (χ3n) is 1.87. The quantitative estimate of drug-likeness (QED) is 0.427. The predicted octanol–water partition coefficient (Wildman–Crippen LogP) is 0.949. The number of thioether (sulfide) groups is 1. The van der Waals surface area contributed by atoms with Gasteiger partial charge in [-0.15, -0.1) is 11.7 Å². The average Bonchev–Trinajstić information content (AvgIpc) is 2.66. The Balaban J connectivity index is 2.49. The summed E-state index contributed by atoms with van der Waals surface area (Å²) in [5, 5.41) is 16.0. The maximum absolute atomic E-state index is 3.97. The zero-order valence-corrected chi connectivity index (χ0v) is 10.00. The molecule has 0 fully saturated rings. The van der Waals surface area contributed by atoms with E-state index in [1.54, 1.807) is 11.8 Å². The fourth-order valence-electron chi connectivity index (χ4n) is 0.997. The first-order valence-electron chi connectivity index (χ1n) is 5.04. The van der Waals surface area contributed by atoms with Gasteiger partial charge in [-0.3, -0.25) is 0 Å². The minimum Gasteiger partial charge on any atom is -0.315 e. The first-order valence-corrected chi connectivity index (χ1v) is 5.92. The van der Waals surface area contributed by atoms with E-state index in [1.165, 1.54) is 0 Å². The topological polar surface area (TPSA) is 55.6 Å². The minimum atomic E-state index is 0.328. The molecule has 1 aromatic heterocycles. The van der Waals surface area contributed by atoms with Gasteiger partial charge in [-0.2, -0.15) is 0 Å². The van der Waals surface area contributed by atoms with Crippen molar-refractivity contribution < 1.29 is 0 Å². The summed E-state index contributed by atoms with van der Waals surface area (Å²) in [6.45, 7) is 10.5. The number of hydrogen-bond acceptors (Lipinski definition) is 5. The maximum atomic E-state index is 3.97. The molecule has 84 valence electrons. The van der Waals surface area contributed by atoms with Gasteiger partial charge < -0.3 is 5.32 Å². The van der Waals surface area contributed by atoms with Crippen LogP contribution in [0.3, 0.4) is 0 Å². The van der Waals surface area contributed by atoms with Crippen LogP contribution in [0.1, 0.15) is 13.8 Å². The Labute approximate surface area is 94.3 Å². The highest BCUT2D eigenvalue weighted by Gasteiger charge is 2.08. The van der Waals surface area contributed by atoms with E-state index in [-0.39, 0.29) is 0 Å². The Morgan fingerprint density at radius 3 is 3.13 bits per heavy atom. The molecule has 1 atom stereocenters. The molecule has 0 saturated heterocycles. The Kier molecular flexibility index (Phi) is 5.34. The third-order valence-corrected chi connectivity index (χ3v) is 2.94. The Bertz CT molecular complexity index is 298. The summed E-state index contributed by atoms with van der Waals surface area (Å²) in [6.07, 6.45) is 1.88. The molecule has 0 aliphatic rings. The molecule has 6 heteroatoms. The fraction of sp³-hybridized carbons (Fsp3) is 0.667.